The Kier molecular flexibility index (Phi) is 15.1. The Bertz CT molecular complexity index is 734. The monoisotopic (exact) mass is 470 g/mol. The smallest absolute Gasteiger partial charge is 0.233 e. The molecule has 2 aromatic rings. The van der Waals surface area contributed by atoms with E-state index >= 15 is 0 Å². The molecule has 0 fully saturated rings. The minimum absolute atomic E-state index is 0.0426. The minimum Gasteiger partial charge on any atom is -0.494 e. The van der Waals surface area contributed by atoms with Gasteiger partial charge in [-0.15, -0.1) is 10.2 Å². The molecule has 0 bridgehead atoms. The van der Waals surface area contributed by atoms with Gasteiger partial charge in [0.15, 0.2) is 0 Å². The van der Waals surface area contributed by atoms with Crippen LogP contribution in [0.25, 0.3) is 11.3 Å². The second-order valence-electron chi connectivity index (χ2n) is 9.16. The molecule has 34 heavy (non-hydrogen) atoms. The predicted octanol–water partition coefficient (Wildman–Crippen LogP) is 8.03. The van der Waals surface area contributed by atoms with E-state index in [-0.39, 0.29) is 6.10 Å². The number of hydrogen-bond donors (Lipinski definition) is 0. The zero-order chi connectivity index (χ0) is 24.3. The van der Waals surface area contributed by atoms with Crippen LogP contribution in [0.15, 0.2) is 36.4 Å². The van der Waals surface area contributed by atoms with Gasteiger partial charge in [0.1, 0.15) is 12.4 Å². The molecule has 190 valence electrons. The summed E-state index contributed by atoms with van der Waals surface area (Å²) in [6, 6.07) is 11.9. The van der Waals surface area contributed by atoms with Crippen LogP contribution in [0.3, 0.4) is 0 Å². The normalized spacial score (nSPS) is 12.0. The van der Waals surface area contributed by atoms with Crippen LogP contribution in [-0.2, 0) is 4.74 Å². The van der Waals surface area contributed by atoms with Gasteiger partial charge in [0.25, 0.3) is 0 Å². The molecule has 0 amide bonds. The van der Waals surface area contributed by atoms with E-state index in [2.05, 4.69) is 24.0 Å². The topological polar surface area (TPSA) is 53.5 Å². The van der Waals surface area contributed by atoms with Gasteiger partial charge in [-0.1, -0.05) is 78.1 Å². The van der Waals surface area contributed by atoms with Crippen LogP contribution < -0.4 is 9.47 Å². The Morgan fingerprint density at radius 1 is 0.647 bits per heavy atom. The average Bonchev–Trinajstić information content (AvgIpc) is 2.87. The number of unbranched alkanes of at least 4 members (excludes halogenated alkanes) is 10. The molecular weight excluding hydrogens is 424 g/mol. The molecule has 0 N–H and O–H groups in total. The second-order valence-corrected chi connectivity index (χ2v) is 9.16. The van der Waals surface area contributed by atoms with E-state index in [4.69, 9.17) is 14.2 Å². The van der Waals surface area contributed by atoms with E-state index in [9.17, 15) is 0 Å². The molecule has 1 atom stereocenters. The van der Waals surface area contributed by atoms with Gasteiger partial charge in [-0.05, 0) is 50.1 Å². The van der Waals surface area contributed by atoms with Crippen molar-refractivity contribution in [2.75, 3.05) is 19.8 Å². The van der Waals surface area contributed by atoms with Gasteiger partial charge < -0.3 is 14.2 Å². The lowest BCUT2D eigenvalue weighted by Gasteiger charge is -2.13. The van der Waals surface area contributed by atoms with Crippen molar-refractivity contribution in [3.05, 3.63) is 36.4 Å². The highest BCUT2D eigenvalue weighted by molar-refractivity contribution is 5.59. The van der Waals surface area contributed by atoms with Crippen molar-refractivity contribution in [2.45, 2.75) is 104 Å². The highest BCUT2D eigenvalue weighted by Crippen LogP contribution is 2.21. The van der Waals surface area contributed by atoms with Crippen LogP contribution in [0.2, 0.25) is 0 Å². The molecule has 0 aliphatic heterocycles. The van der Waals surface area contributed by atoms with Crippen LogP contribution in [0.5, 0.6) is 11.6 Å². The molecule has 5 nitrogen and oxygen atoms in total. The molecule has 1 aromatic carbocycles. The lowest BCUT2D eigenvalue weighted by molar-refractivity contribution is 0.0288. The van der Waals surface area contributed by atoms with E-state index in [1.165, 1.54) is 64.2 Å². The highest BCUT2D eigenvalue weighted by Gasteiger charge is 2.06. The Morgan fingerprint density at radius 2 is 1.26 bits per heavy atom. The third-order valence-corrected chi connectivity index (χ3v) is 5.92. The second kappa shape index (κ2) is 18.2. The summed E-state index contributed by atoms with van der Waals surface area (Å²) < 4.78 is 17.5. The first-order valence-corrected chi connectivity index (χ1v) is 13.5. The fourth-order valence-corrected chi connectivity index (χ4v) is 3.76. The van der Waals surface area contributed by atoms with Crippen LogP contribution in [0, 0.1) is 0 Å². The quantitative estimate of drug-likeness (QED) is 0.183. The summed E-state index contributed by atoms with van der Waals surface area (Å²) in [5, 5.41) is 8.54. The molecule has 0 spiro atoms. The zero-order valence-corrected chi connectivity index (χ0v) is 21.8. The molecule has 5 heteroatoms. The Hall–Kier alpha value is -2.14. The molecule has 0 aliphatic carbocycles. The van der Waals surface area contributed by atoms with Crippen molar-refractivity contribution in [1.82, 2.24) is 10.2 Å². The molecular formula is C29H46N2O3. The van der Waals surface area contributed by atoms with Crippen molar-refractivity contribution >= 4 is 0 Å². The summed E-state index contributed by atoms with van der Waals surface area (Å²) in [6.07, 6.45) is 15.3. The van der Waals surface area contributed by atoms with Gasteiger partial charge in [0.2, 0.25) is 5.88 Å². The Balaban J connectivity index is 1.63. The number of rotatable bonds is 20. The molecule has 1 unspecified atom stereocenters. The first kappa shape index (κ1) is 28.1. The van der Waals surface area contributed by atoms with Crippen molar-refractivity contribution in [2.24, 2.45) is 0 Å². The lowest BCUT2D eigenvalue weighted by Crippen LogP contribution is -2.19. The van der Waals surface area contributed by atoms with Gasteiger partial charge in [0.05, 0.1) is 18.4 Å². The third kappa shape index (κ3) is 12.4. The van der Waals surface area contributed by atoms with E-state index in [0.29, 0.717) is 12.5 Å². The first-order valence-electron chi connectivity index (χ1n) is 13.5. The highest BCUT2D eigenvalue weighted by atomic mass is 16.5. The third-order valence-electron chi connectivity index (χ3n) is 5.92. The van der Waals surface area contributed by atoms with Gasteiger partial charge in [-0.2, -0.15) is 0 Å². The number of benzene rings is 1. The van der Waals surface area contributed by atoms with Gasteiger partial charge in [-0.25, -0.2) is 0 Å². The Morgan fingerprint density at radius 3 is 1.88 bits per heavy atom. The summed E-state index contributed by atoms with van der Waals surface area (Å²) in [7, 11) is 0. The molecule has 1 heterocycles. The van der Waals surface area contributed by atoms with Gasteiger partial charge in [-0.3, -0.25) is 0 Å². The van der Waals surface area contributed by atoms with Crippen molar-refractivity contribution < 1.29 is 14.2 Å². The molecule has 0 aliphatic rings. The molecule has 0 saturated heterocycles. The van der Waals surface area contributed by atoms with Crippen LogP contribution in [0.4, 0.5) is 0 Å². The number of ether oxygens (including phenoxy) is 3. The van der Waals surface area contributed by atoms with E-state index in [0.717, 1.165) is 43.1 Å². The number of hydrogen-bond acceptors (Lipinski definition) is 5. The molecule has 0 radical (unpaired) electrons. The maximum Gasteiger partial charge on any atom is 0.233 e. The van der Waals surface area contributed by atoms with Crippen molar-refractivity contribution in [3.63, 3.8) is 0 Å². The summed E-state index contributed by atoms with van der Waals surface area (Å²) in [4.78, 5) is 0. The predicted molar refractivity (Wildman–Crippen MR) is 141 cm³/mol. The van der Waals surface area contributed by atoms with Crippen molar-refractivity contribution in [1.29, 1.82) is 0 Å². The van der Waals surface area contributed by atoms with Crippen LogP contribution >= 0.6 is 0 Å². The largest absolute Gasteiger partial charge is 0.494 e. The Labute approximate surface area is 207 Å². The summed E-state index contributed by atoms with van der Waals surface area (Å²) >= 11 is 0. The maximum atomic E-state index is 5.87. The average molecular weight is 471 g/mol. The summed E-state index contributed by atoms with van der Waals surface area (Å²) in [6.45, 7) is 8.57. The number of nitrogens with zero attached hydrogens (tertiary/aromatic N) is 2. The standard InChI is InChI=1S/C29H46N2O3/c1-4-6-8-10-12-14-22-32-25(3)24-34-29-21-20-28(30-31-29)26-16-18-27(19-17-26)33-23-15-13-11-9-7-5-2/h16-21,25H,4-15,22-24H2,1-3H3. The summed E-state index contributed by atoms with van der Waals surface area (Å²) in [5.74, 6) is 1.43. The summed E-state index contributed by atoms with van der Waals surface area (Å²) in [5.41, 5.74) is 1.84. The molecule has 1 aromatic heterocycles. The lowest BCUT2D eigenvalue weighted by atomic mass is 10.1. The van der Waals surface area contributed by atoms with Gasteiger partial charge >= 0.3 is 0 Å². The van der Waals surface area contributed by atoms with E-state index < -0.39 is 0 Å². The SMILES string of the molecule is CCCCCCCCOc1ccc(-c2ccc(OCC(C)OCCCCCCCC)nn2)cc1. The van der Waals surface area contributed by atoms with Crippen LogP contribution in [0.1, 0.15) is 97.8 Å². The van der Waals surface area contributed by atoms with E-state index in [1.54, 1.807) is 0 Å². The van der Waals surface area contributed by atoms with E-state index in [1.807, 2.05) is 43.3 Å². The number of aromatic nitrogens is 2. The van der Waals surface area contributed by atoms with Crippen LogP contribution in [-0.4, -0.2) is 36.1 Å². The fraction of sp³-hybridized carbons (Fsp3) is 0.655. The maximum absolute atomic E-state index is 5.87. The zero-order valence-electron chi connectivity index (χ0n) is 21.8. The molecule has 0 saturated carbocycles. The first-order chi connectivity index (χ1) is 16.7. The van der Waals surface area contributed by atoms with Gasteiger partial charge in [0, 0.05) is 18.2 Å². The fourth-order valence-electron chi connectivity index (χ4n) is 3.76. The van der Waals surface area contributed by atoms with Crippen molar-refractivity contribution in [3.8, 4) is 22.9 Å². The molecule has 2 rings (SSSR count). The minimum atomic E-state index is 0.0426.